The third-order valence-corrected chi connectivity index (χ3v) is 1.84. The number of aromatic nitrogens is 4. The molecule has 15 heavy (non-hydrogen) atoms. The molecule has 0 fully saturated rings. The van der Waals surface area contributed by atoms with Crippen LogP contribution in [-0.4, -0.2) is 20.1 Å². The van der Waals surface area contributed by atoms with E-state index >= 15 is 0 Å². The molecule has 6 nitrogen and oxygen atoms in total. The Morgan fingerprint density at radius 2 is 2.20 bits per heavy atom. The second-order valence-corrected chi connectivity index (χ2v) is 3.23. The zero-order valence-electron chi connectivity index (χ0n) is 8.51. The van der Waals surface area contributed by atoms with E-state index in [2.05, 4.69) is 20.1 Å². The van der Waals surface area contributed by atoms with E-state index in [1.165, 1.54) is 0 Å². The molecular weight excluding hydrogens is 194 g/mol. The van der Waals surface area contributed by atoms with Gasteiger partial charge in [0.15, 0.2) is 0 Å². The van der Waals surface area contributed by atoms with Crippen molar-refractivity contribution in [3.63, 3.8) is 0 Å². The van der Waals surface area contributed by atoms with Crippen molar-refractivity contribution in [3.05, 3.63) is 24.0 Å². The molecule has 1 unspecified atom stereocenters. The molecule has 0 amide bonds. The number of rotatable bonds is 2. The Morgan fingerprint density at radius 1 is 1.40 bits per heavy atom. The van der Waals surface area contributed by atoms with Gasteiger partial charge in [0.2, 0.25) is 11.7 Å². The molecule has 78 valence electrons. The maximum absolute atomic E-state index is 5.61. The van der Waals surface area contributed by atoms with Gasteiger partial charge in [0.05, 0.1) is 6.04 Å². The zero-order valence-corrected chi connectivity index (χ0v) is 8.51. The molecule has 2 rings (SSSR count). The molecule has 2 aromatic rings. The predicted molar refractivity (Wildman–Crippen MR) is 52.7 cm³/mol. The van der Waals surface area contributed by atoms with E-state index in [1.54, 1.807) is 26.1 Å². The molecule has 6 heteroatoms. The van der Waals surface area contributed by atoms with Crippen molar-refractivity contribution in [2.45, 2.75) is 19.9 Å². The van der Waals surface area contributed by atoms with Crippen LogP contribution in [0.1, 0.15) is 24.7 Å². The maximum atomic E-state index is 5.61. The normalized spacial score (nSPS) is 12.7. The fraction of sp³-hybridized carbons (Fsp3) is 0.333. The molecule has 0 saturated carbocycles. The van der Waals surface area contributed by atoms with Crippen LogP contribution in [0.4, 0.5) is 0 Å². The molecule has 0 spiro atoms. The van der Waals surface area contributed by atoms with Crippen molar-refractivity contribution in [2.75, 3.05) is 0 Å². The van der Waals surface area contributed by atoms with Gasteiger partial charge in [0, 0.05) is 6.20 Å². The summed E-state index contributed by atoms with van der Waals surface area (Å²) in [5.74, 6) is 1.51. The molecular formula is C9H11N5O. The first kappa shape index (κ1) is 9.72. The lowest BCUT2D eigenvalue weighted by Crippen LogP contribution is -2.04. The van der Waals surface area contributed by atoms with Crippen LogP contribution in [0.2, 0.25) is 0 Å². The van der Waals surface area contributed by atoms with Crippen molar-refractivity contribution in [3.8, 4) is 11.5 Å². The van der Waals surface area contributed by atoms with Crippen molar-refractivity contribution in [2.24, 2.45) is 5.73 Å². The molecule has 0 bridgehead atoms. The second kappa shape index (κ2) is 3.74. The SMILES string of the molecule is Cc1nccc(-c2noc(C(C)N)n2)n1. The lowest BCUT2D eigenvalue weighted by molar-refractivity contribution is 0.362. The van der Waals surface area contributed by atoms with Gasteiger partial charge in [-0.3, -0.25) is 0 Å². The molecule has 0 aliphatic heterocycles. The van der Waals surface area contributed by atoms with E-state index in [0.717, 1.165) is 0 Å². The summed E-state index contributed by atoms with van der Waals surface area (Å²) in [4.78, 5) is 12.3. The first-order valence-corrected chi connectivity index (χ1v) is 4.56. The van der Waals surface area contributed by atoms with Crippen LogP contribution in [-0.2, 0) is 0 Å². The van der Waals surface area contributed by atoms with Crippen LogP contribution < -0.4 is 5.73 Å². The van der Waals surface area contributed by atoms with E-state index in [4.69, 9.17) is 10.3 Å². The van der Waals surface area contributed by atoms with Crippen molar-refractivity contribution >= 4 is 0 Å². The topological polar surface area (TPSA) is 90.7 Å². The molecule has 2 heterocycles. The molecule has 2 aromatic heterocycles. The van der Waals surface area contributed by atoms with Crippen LogP contribution >= 0.6 is 0 Å². The Kier molecular flexibility index (Phi) is 2.42. The Bertz CT molecular complexity index is 465. The predicted octanol–water partition coefficient (Wildman–Crippen LogP) is 0.855. The van der Waals surface area contributed by atoms with Crippen LogP contribution in [0.25, 0.3) is 11.5 Å². The zero-order chi connectivity index (χ0) is 10.8. The molecule has 0 aliphatic carbocycles. The first-order valence-electron chi connectivity index (χ1n) is 4.56. The minimum Gasteiger partial charge on any atom is -0.337 e. The van der Waals surface area contributed by atoms with E-state index in [9.17, 15) is 0 Å². The quantitative estimate of drug-likeness (QED) is 0.781. The highest BCUT2D eigenvalue weighted by molar-refractivity contribution is 5.46. The summed E-state index contributed by atoms with van der Waals surface area (Å²) in [7, 11) is 0. The molecule has 1 atom stereocenters. The van der Waals surface area contributed by atoms with Crippen molar-refractivity contribution in [1.29, 1.82) is 0 Å². The van der Waals surface area contributed by atoms with Gasteiger partial charge < -0.3 is 10.3 Å². The average Bonchev–Trinajstić information content (AvgIpc) is 2.66. The smallest absolute Gasteiger partial charge is 0.243 e. The number of nitrogens with zero attached hydrogens (tertiary/aromatic N) is 4. The molecule has 2 N–H and O–H groups in total. The van der Waals surface area contributed by atoms with Gasteiger partial charge in [-0.2, -0.15) is 4.98 Å². The fourth-order valence-corrected chi connectivity index (χ4v) is 1.10. The van der Waals surface area contributed by atoms with Gasteiger partial charge in [0.25, 0.3) is 0 Å². The highest BCUT2D eigenvalue weighted by Crippen LogP contribution is 2.14. The van der Waals surface area contributed by atoms with Crippen LogP contribution in [0, 0.1) is 6.92 Å². The fourth-order valence-electron chi connectivity index (χ4n) is 1.10. The number of hydrogen-bond donors (Lipinski definition) is 1. The van der Waals surface area contributed by atoms with E-state index in [-0.39, 0.29) is 6.04 Å². The number of aryl methyl sites for hydroxylation is 1. The standard InChI is InChI=1S/C9H11N5O/c1-5(10)9-13-8(14-15-9)7-3-4-11-6(2)12-7/h3-5H,10H2,1-2H3. The highest BCUT2D eigenvalue weighted by Gasteiger charge is 2.12. The monoisotopic (exact) mass is 205 g/mol. The molecule has 0 aromatic carbocycles. The van der Waals surface area contributed by atoms with Gasteiger partial charge in [-0.15, -0.1) is 0 Å². The molecule has 0 aliphatic rings. The summed E-state index contributed by atoms with van der Waals surface area (Å²) < 4.78 is 4.97. The Hall–Kier alpha value is -1.82. The van der Waals surface area contributed by atoms with Crippen LogP contribution in [0.5, 0.6) is 0 Å². The Balaban J connectivity index is 2.37. The molecule has 0 saturated heterocycles. The molecule has 0 radical (unpaired) electrons. The van der Waals surface area contributed by atoms with Crippen LogP contribution in [0.15, 0.2) is 16.8 Å². The average molecular weight is 205 g/mol. The summed E-state index contributed by atoms with van der Waals surface area (Å²) in [6.45, 7) is 3.58. The van der Waals surface area contributed by atoms with Crippen molar-refractivity contribution < 1.29 is 4.52 Å². The first-order chi connectivity index (χ1) is 7.16. The number of nitrogens with two attached hydrogens (primary N) is 1. The summed E-state index contributed by atoms with van der Waals surface area (Å²) in [5, 5.41) is 3.79. The van der Waals surface area contributed by atoms with Gasteiger partial charge in [-0.05, 0) is 19.9 Å². The maximum Gasteiger partial charge on any atom is 0.243 e. The summed E-state index contributed by atoms with van der Waals surface area (Å²) >= 11 is 0. The highest BCUT2D eigenvalue weighted by atomic mass is 16.5. The third-order valence-electron chi connectivity index (χ3n) is 1.84. The second-order valence-electron chi connectivity index (χ2n) is 3.23. The van der Waals surface area contributed by atoms with Crippen LogP contribution in [0.3, 0.4) is 0 Å². The summed E-state index contributed by atoms with van der Waals surface area (Å²) in [6.07, 6.45) is 1.65. The van der Waals surface area contributed by atoms with Gasteiger partial charge in [-0.25, -0.2) is 9.97 Å². The van der Waals surface area contributed by atoms with E-state index < -0.39 is 0 Å². The lowest BCUT2D eigenvalue weighted by Gasteiger charge is -1.94. The minimum absolute atomic E-state index is 0.269. The third kappa shape index (κ3) is 1.99. The van der Waals surface area contributed by atoms with Gasteiger partial charge in [-0.1, -0.05) is 5.16 Å². The lowest BCUT2D eigenvalue weighted by atomic mass is 10.3. The van der Waals surface area contributed by atoms with Gasteiger partial charge in [0.1, 0.15) is 11.5 Å². The Labute approximate surface area is 86.5 Å². The van der Waals surface area contributed by atoms with E-state index in [1.807, 2.05) is 0 Å². The summed E-state index contributed by atoms with van der Waals surface area (Å²) in [6, 6.07) is 1.46. The Morgan fingerprint density at radius 3 is 2.80 bits per heavy atom. The minimum atomic E-state index is -0.269. The summed E-state index contributed by atoms with van der Waals surface area (Å²) in [5.41, 5.74) is 6.24. The van der Waals surface area contributed by atoms with Gasteiger partial charge >= 0.3 is 0 Å². The van der Waals surface area contributed by atoms with Crippen molar-refractivity contribution in [1.82, 2.24) is 20.1 Å². The largest absolute Gasteiger partial charge is 0.337 e. The van der Waals surface area contributed by atoms with E-state index in [0.29, 0.717) is 23.2 Å². The number of hydrogen-bond acceptors (Lipinski definition) is 6.